The number of carbonyl (C=O) groups excluding carboxylic acids is 1. The lowest BCUT2D eigenvalue weighted by molar-refractivity contribution is 0.0734. The fraction of sp³-hybridized carbons (Fsp3) is 0.553. The Morgan fingerprint density at radius 2 is 1.31 bits per heavy atom. The van der Waals surface area contributed by atoms with Gasteiger partial charge in [0.1, 0.15) is 5.75 Å². The minimum absolute atomic E-state index is 0.300. The molecule has 0 fully saturated rings. The van der Waals surface area contributed by atoms with Crippen LogP contribution >= 0.6 is 0 Å². The number of hydrogen-bond acceptors (Lipinski definition) is 4. The minimum Gasteiger partial charge on any atom is -0.423 e. The molecule has 3 aromatic rings. The van der Waals surface area contributed by atoms with Gasteiger partial charge < -0.3 is 4.74 Å². The number of hydrogen-bond donors (Lipinski definition) is 0. The fourth-order valence-corrected chi connectivity index (χ4v) is 6.19. The maximum Gasteiger partial charge on any atom is 0.343 e. The van der Waals surface area contributed by atoms with E-state index in [1.54, 1.807) is 0 Å². The van der Waals surface area contributed by atoms with Gasteiger partial charge in [0.05, 0.1) is 5.56 Å². The molecule has 1 heterocycles. The number of unbranched alkanes of at least 4 members (excludes halogenated alkanes) is 12. The van der Waals surface area contributed by atoms with Crippen LogP contribution in [0.1, 0.15) is 137 Å². The van der Waals surface area contributed by atoms with Crippen LogP contribution in [-0.2, 0) is 19.3 Å². The topological polar surface area (TPSA) is 52.1 Å². The average Bonchev–Trinajstić information content (AvgIpc) is 3.43. The first-order chi connectivity index (χ1) is 20.7. The van der Waals surface area contributed by atoms with Crippen LogP contribution in [0.4, 0.5) is 0 Å². The lowest BCUT2D eigenvalue weighted by Gasteiger charge is -2.08. The molecule has 0 aliphatic heterocycles. The van der Waals surface area contributed by atoms with E-state index in [1.165, 1.54) is 113 Å². The highest BCUT2D eigenvalue weighted by Crippen LogP contribution is 2.31. The van der Waals surface area contributed by atoms with Crippen LogP contribution < -0.4 is 4.74 Å². The maximum absolute atomic E-state index is 12.9. The SMILES string of the molecule is CCCCCCCCCCc1cnc(-c2ccc(OC(=O)c3ccc4c(c3)CC(CCCCCCCC)C4)cc2)nc1. The zero-order chi connectivity index (χ0) is 29.4. The Morgan fingerprint density at radius 3 is 1.98 bits per heavy atom. The summed E-state index contributed by atoms with van der Waals surface area (Å²) in [5.74, 6) is 1.65. The standard InChI is InChI=1S/C38H52N2O2/c1-3-5-7-9-11-12-14-16-18-31-28-39-37(40-29-31)32-21-23-36(24-22-32)42-38(41)34-20-19-33-25-30(26-35(33)27-34)17-15-13-10-8-6-4-2/h19-24,27-30H,3-18,25-26H2,1-2H3. The van der Waals surface area contributed by atoms with Gasteiger partial charge in [-0.25, -0.2) is 14.8 Å². The molecule has 0 radical (unpaired) electrons. The molecule has 1 atom stereocenters. The molecule has 0 amide bonds. The Bertz CT molecular complexity index is 1200. The number of carbonyl (C=O) groups is 1. The highest BCUT2D eigenvalue weighted by atomic mass is 16.5. The van der Waals surface area contributed by atoms with Crippen molar-refractivity contribution in [2.24, 2.45) is 5.92 Å². The molecule has 42 heavy (non-hydrogen) atoms. The second kappa shape index (κ2) is 17.8. The normalized spacial score (nSPS) is 14.2. The van der Waals surface area contributed by atoms with Crippen molar-refractivity contribution in [2.75, 3.05) is 0 Å². The molecule has 0 N–H and O–H groups in total. The van der Waals surface area contributed by atoms with E-state index in [-0.39, 0.29) is 5.97 Å². The lowest BCUT2D eigenvalue weighted by Crippen LogP contribution is -2.09. The second-order valence-corrected chi connectivity index (χ2v) is 12.4. The van der Waals surface area contributed by atoms with E-state index in [0.717, 1.165) is 24.8 Å². The molecule has 1 aliphatic rings. The molecule has 0 spiro atoms. The van der Waals surface area contributed by atoms with E-state index in [0.29, 0.717) is 23.1 Å². The third-order valence-electron chi connectivity index (χ3n) is 8.77. The van der Waals surface area contributed by atoms with Crippen molar-refractivity contribution in [3.63, 3.8) is 0 Å². The summed E-state index contributed by atoms with van der Waals surface area (Å²) in [4.78, 5) is 22.1. The third kappa shape index (κ3) is 10.4. The summed E-state index contributed by atoms with van der Waals surface area (Å²) >= 11 is 0. The average molecular weight is 569 g/mol. The van der Waals surface area contributed by atoms with Crippen LogP contribution in [0.5, 0.6) is 5.75 Å². The number of nitrogens with zero attached hydrogens (tertiary/aromatic N) is 2. The number of aryl methyl sites for hydroxylation is 1. The summed E-state index contributed by atoms with van der Waals surface area (Å²) < 4.78 is 5.72. The van der Waals surface area contributed by atoms with Crippen molar-refractivity contribution in [2.45, 2.75) is 129 Å². The third-order valence-corrected chi connectivity index (χ3v) is 8.77. The zero-order valence-electron chi connectivity index (χ0n) is 26.2. The molecule has 4 nitrogen and oxygen atoms in total. The van der Waals surface area contributed by atoms with Crippen molar-refractivity contribution >= 4 is 5.97 Å². The van der Waals surface area contributed by atoms with Gasteiger partial charge in [-0.05, 0) is 91.1 Å². The van der Waals surface area contributed by atoms with Crippen molar-refractivity contribution in [3.05, 3.63) is 77.1 Å². The van der Waals surface area contributed by atoms with Gasteiger partial charge in [0, 0.05) is 18.0 Å². The Morgan fingerprint density at radius 1 is 0.714 bits per heavy atom. The summed E-state index contributed by atoms with van der Waals surface area (Å²) in [6, 6.07) is 13.6. The van der Waals surface area contributed by atoms with E-state index in [2.05, 4.69) is 35.9 Å². The van der Waals surface area contributed by atoms with Crippen LogP contribution in [0.2, 0.25) is 0 Å². The molecule has 1 unspecified atom stereocenters. The van der Waals surface area contributed by atoms with E-state index in [1.807, 2.05) is 42.7 Å². The van der Waals surface area contributed by atoms with Crippen molar-refractivity contribution in [1.82, 2.24) is 9.97 Å². The summed E-state index contributed by atoms with van der Waals surface area (Å²) in [6.07, 6.45) is 27.1. The summed E-state index contributed by atoms with van der Waals surface area (Å²) in [7, 11) is 0. The molecule has 2 aromatic carbocycles. The predicted molar refractivity (Wildman–Crippen MR) is 174 cm³/mol. The van der Waals surface area contributed by atoms with Gasteiger partial charge in [-0.3, -0.25) is 0 Å². The Balaban J connectivity index is 1.19. The first kappa shape index (κ1) is 31.9. The molecule has 1 aromatic heterocycles. The van der Waals surface area contributed by atoms with Crippen LogP contribution in [0.3, 0.4) is 0 Å². The number of benzene rings is 2. The number of ether oxygens (including phenoxy) is 1. The van der Waals surface area contributed by atoms with E-state index < -0.39 is 0 Å². The van der Waals surface area contributed by atoms with E-state index >= 15 is 0 Å². The van der Waals surface area contributed by atoms with Gasteiger partial charge in [0.2, 0.25) is 0 Å². The molecule has 226 valence electrons. The summed E-state index contributed by atoms with van der Waals surface area (Å²) in [6.45, 7) is 4.53. The molecule has 0 saturated carbocycles. The molecule has 4 rings (SSSR count). The number of fused-ring (bicyclic) bond motifs is 1. The summed E-state index contributed by atoms with van der Waals surface area (Å²) in [5, 5.41) is 0. The van der Waals surface area contributed by atoms with Gasteiger partial charge in [0.15, 0.2) is 5.82 Å². The molecule has 0 saturated heterocycles. The molecular weight excluding hydrogens is 516 g/mol. The Kier molecular flexibility index (Phi) is 13.6. The van der Waals surface area contributed by atoms with E-state index in [4.69, 9.17) is 4.74 Å². The monoisotopic (exact) mass is 568 g/mol. The quantitative estimate of drug-likeness (QED) is 0.0820. The number of esters is 1. The first-order valence-corrected chi connectivity index (χ1v) is 16.9. The minimum atomic E-state index is -0.300. The van der Waals surface area contributed by atoms with Crippen LogP contribution in [0.25, 0.3) is 11.4 Å². The van der Waals surface area contributed by atoms with Gasteiger partial charge in [-0.2, -0.15) is 0 Å². The Hall–Kier alpha value is -3.01. The van der Waals surface area contributed by atoms with Crippen LogP contribution in [0, 0.1) is 5.92 Å². The maximum atomic E-state index is 12.9. The molecule has 4 heteroatoms. The summed E-state index contributed by atoms with van der Waals surface area (Å²) in [5.41, 5.74) is 5.46. The zero-order valence-corrected chi connectivity index (χ0v) is 26.2. The molecule has 1 aliphatic carbocycles. The first-order valence-electron chi connectivity index (χ1n) is 16.9. The largest absolute Gasteiger partial charge is 0.423 e. The fourth-order valence-electron chi connectivity index (χ4n) is 6.19. The van der Waals surface area contributed by atoms with Crippen molar-refractivity contribution < 1.29 is 9.53 Å². The highest BCUT2D eigenvalue weighted by molar-refractivity contribution is 5.91. The van der Waals surface area contributed by atoms with Gasteiger partial charge in [0.25, 0.3) is 0 Å². The lowest BCUT2D eigenvalue weighted by atomic mass is 9.97. The predicted octanol–water partition coefficient (Wildman–Crippen LogP) is 10.5. The highest BCUT2D eigenvalue weighted by Gasteiger charge is 2.22. The number of aromatic nitrogens is 2. The Labute approximate surface area is 254 Å². The van der Waals surface area contributed by atoms with Crippen molar-refractivity contribution in [1.29, 1.82) is 0 Å². The van der Waals surface area contributed by atoms with Gasteiger partial charge in [-0.15, -0.1) is 0 Å². The van der Waals surface area contributed by atoms with Crippen LogP contribution in [-0.4, -0.2) is 15.9 Å². The molecular formula is C38H52N2O2. The van der Waals surface area contributed by atoms with Crippen LogP contribution in [0.15, 0.2) is 54.9 Å². The number of rotatable bonds is 19. The second-order valence-electron chi connectivity index (χ2n) is 12.4. The molecule has 0 bridgehead atoms. The van der Waals surface area contributed by atoms with Gasteiger partial charge >= 0.3 is 5.97 Å². The van der Waals surface area contributed by atoms with Crippen molar-refractivity contribution in [3.8, 4) is 17.1 Å². The van der Waals surface area contributed by atoms with E-state index in [9.17, 15) is 4.79 Å². The van der Waals surface area contributed by atoms with Gasteiger partial charge in [-0.1, -0.05) is 103 Å². The smallest absolute Gasteiger partial charge is 0.343 e.